The first kappa shape index (κ1) is 37.6. The van der Waals surface area contributed by atoms with Crippen LogP contribution in [0.5, 0.6) is 0 Å². The fraction of sp³-hybridized carbons (Fsp3) is 0.364. The number of thiazole rings is 1. The van der Waals surface area contributed by atoms with Gasteiger partial charge >= 0.3 is 0 Å². The number of carbonyl (C=O) groups is 2. The van der Waals surface area contributed by atoms with E-state index in [4.69, 9.17) is 9.97 Å². The summed E-state index contributed by atoms with van der Waals surface area (Å²) in [4.78, 5) is 60.3. The minimum atomic E-state index is -0.399. The first-order valence-corrected chi connectivity index (χ1v) is 21.2. The number of imidazole rings is 3. The maximum atomic E-state index is 13.9. The van der Waals surface area contributed by atoms with Crippen LogP contribution < -0.4 is 10.6 Å². The number of aromatic amines is 3. The number of amides is 2. The number of rotatable bonds is 12. The van der Waals surface area contributed by atoms with Crippen molar-refractivity contribution >= 4 is 56.0 Å². The second kappa shape index (κ2) is 15.7. The number of carbonyl (C=O) groups excluding carboxylic acids is 2. The first-order chi connectivity index (χ1) is 28.2. The van der Waals surface area contributed by atoms with Gasteiger partial charge in [0.1, 0.15) is 23.7 Å². The summed E-state index contributed by atoms with van der Waals surface area (Å²) in [6, 6.07) is 18.4. The normalized spacial score (nSPS) is 18.2. The molecule has 2 aliphatic heterocycles. The summed E-state index contributed by atoms with van der Waals surface area (Å²) in [7, 11) is 0. The molecule has 2 fully saturated rings. The van der Waals surface area contributed by atoms with E-state index < -0.39 is 6.04 Å². The number of likely N-dealkylation sites (tertiary alicyclic amines) is 2. The van der Waals surface area contributed by atoms with E-state index in [1.807, 2.05) is 21.4 Å². The lowest BCUT2D eigenvalue weighted by atomic mass is 9.99. The third-order valence-electron chi connectivity index (χ3n) is 11.7. The van der Waals surface area contributed by atoms with Gasteiger partial charge in [-0.3, -0.25) is 9.59 Å². The minimum absolute atomic E-state index is 0.0611. The van der Waals surface area contributed by atoms with Crippen molar-refractivity contribution in [2.45, 2.75) is 77.5 Å². The molecule has 2 aliphatic rings. The van der Waals surface area contributed by atoms with Crippen LogP contribution in [-0.4, -0.2) is 81.7 Å². The molecule has 0 saturated carbocycles. The zero-order valence-electron chi connectivity index (χ0n) is 33.2. The minimum Gasteiger partial charge on any atom is -0.350 e. The highest BCUT2D eigenvalue weighted by atomic mass is 32.1. The van der Waals surface area contributed by atoms with Gasteiger partial charge in [-0.25, -0.2) is 19.9 Å². The van der Waals surface area contributed by atoms with Gasteiger partial charge in [0.05, 0.1) is 35.0 Å². The molecule has 0 spiro atoms. The predicted octanol–water partition coefficient (Wildman–Crippen LogP) is 8.55. The lowest BCUT2D eigenvalue weighted by Gasteiger charge is -2.30. The number of anilines is 2. The summed E-state index contributed by atoms with van der Waals surface area (Å²) >= 11 is 1.51. The second-order valence-electron chi connectivity index (χ2n) is 16.2. The van der Waals surface area contributed by atoms with Crippen LogP contribution in [-0.2, 0) is 9.59 Å². The molecule has 2 saturated heterocycles. The summed E-state index contributed by atoms with van der Waals surface area (Å²) in [6.45, 7) is 9.64. The molecule has 58 heavy (non-hydrogen) atoms. The standard InChI is InChI=1S/C44H49N11O2S/c1-25(2)37(52-43-45-15-16-46-43)41(56)55-19-6-8-36(55)40-49-32-14-13-30(23-33(32)50-40)28-9-10-29-22-31(12-11-27(29)21-28)34-24-48-39(51-34)35-7-5-18-54(35)42(57)38(26(3)4)53-44-47-17-20-58-44/h9-17,20-26,35-38H,5-8,18-19H2,1-4H3,(H,47,53)(H,48,51)(H,49,50)(H2,45,46,52)/t35-,36-,37-,38-/m0/s1. The van der Waals surface area contributed by atoms with Crippen molar-refractivity contribution in [3.05, 3.63) is 96.4 Å². The van der Waals surface area contributed by atoms with Crippen LogP contribution in [0.4, 0.5) is 11.1 Å². The molecule has 3 aromatic carbocycles. The Labute approximate surface area is 341 Å². The lowest BCUT2D eigenvalue weighted by molar-refractivity contribution is -0.134. The highest BCUT2D eigenvalue weighted by Gasteiger charge is 2.38. The van der Waals surface area contributed by atoms with Crippen LogP contribution in [0.15, 0.2) is 84.8 Å². The van der Waals surface area contributed by atoms with Crippen LogP contribution in [0.1, 0.15) is 77.1 Å². The van der Waals surface area contributed by atoms with E-state index in [1.165, 1.54) is 11.3 Å². The van der Waals surface area contributed by atoms with Crippen LogP contribution in [0.2, 0.25) is 0 Å². The van der Waals surface area contributed by atoms with Gasteiger partial charge in [0.25, 0.3) is 0 Å². The van der Waals surface area contributed by atoms with Crippen LogP contribution in [0.25, 0.3) is 44.2 Å². The van der Waals surface area contributed by atoms with Gasteiger partial charge in [0.2, 0.25) is 17.8 Å². The Morgan fingerprint density at radius 3 is 2.07 bits per heavy atom. The predicted molar refractivity (Wildman–Crippen MR) is 229 cm³/mol. The number of nitrogens with one attached hydrogen (secondary N) is 5. The molecule has 2 amide bonds. The zero-order chi connectivity index (χ0) is 39.9. The van der Waals surface area contributed by atoms with Crippen LogP contribution >= 0.6 is 11.3 Å². The molecule has 0 unspecified atom stereocenters. The van der Waals surface area contributed by atoms with Crippen molar-refractivity contribution in [2.75, 3.05) is 23.7 Å². The van der Waals surface area contributed by atoms with E-state index >= 15 is 0 Å². The maximum Gasteiger partial charge on any atom is 0.246 e. The molecule has 0 radical (unpaired) electrons. The summed E-state index contributed by atoms with van der Waals surface area (Å²) in [5, 5.41) is 11.6. The molecule has 0 aliphatic carbocycles. The Balaban J connectivity index is 0.905. The number of hydrogen-bond donors (Lipinski definition) is 5. The van der Waals surface area contributed by atoms with Gasteiger partial charge in [0.15, 0.2) is 5.13 Å². The van der Waals surface area contributed by atoms with Crippen molar-refractivity contribution in [1.82, 2.24) is 44.7 Å². The zero-order valence-corrected chi connectivity index (χ0v) is 34.0. The van der Waals surface area contributed by atoms with Crippen LogP contribution in [0.3, 0.4) is 0 Å². The Morgan fingerprint density at radius 1 is 0.741 bits per heavy atom. The average Bonchev–Trinajstić information content (AvgIpc) is 4.08. The fourth-order valence-electron chi connectivity index (χ4n) is 8.55. The Hall–Kier alpha value is -6.02. The monoisotopic (exact) mass is 795 g/mol. The maximum absolute atomic E-state index is 13.9. The Morgan fingerprint density at radius 2 is 1.40 bits per heavy atom. The highest BCUT2D eigenvalue weighted by molar-refractivity contribution is 7.13. The van der Waals surface area contributed by atoms with E-state index in [-0.39, 0.29) is 41.8 Å². The summed E-state index contributed by atoms with van der Waals surface area (Å²) in [5.41, 5.74) is 6.00. The van der Waals surface area contributed by atoms with Gasteiger partial charge in [-0.05, 0) is 83.7 Å². The summed E-state index contributed by atoms with van der Waals surface area (Å²) in [5.74, 6) is 2.57. The van der Waals surface area contributed by atoms with E-state index in [2.05, 4.69) is 118 Å². The number of hydrogen-bond acceptors (Lipinski definition) is 9. The van der Waals surface area contributed by atoms with E-state index in [0.29, 0.717) is 19.0 Å². The van der Waals surface area contributed by atoms with Crippen LogP contribution in [0, 0.1) is 11.8 Å². The molecular weight excluding hydrogens is 747 g/mol. The molecule has 298 valence electrons. The van der Waals surface area contributed by atoms with E-state index in [9.17, 15) is 9.59 Å². The molecule has 14 heteroatoms. The lowest BCUT2D eigenvalue weighted by Crippen LogP contribution is -2.45. The van der Waals surface area contributed by atoms with Gasteiger partial charge < -0.3 is 35.4 Å². The van der Waals surface area contributed by atoms with Gasteiger partial charge in [-0.15, -0.1) is 11.3 Å². The SMILES string of the molecule is CC(C)[C@H](Nc1nccs1)C(=O)N1CCC[C@H]1c1ncc(-c2ccc3cc(-c4ccc5nc([C@@H]6CCCN6C(=O)[C@@H](Nc6ncc[nH]6)C(C)C)[nH]c5c4)ccc3c2)[nH]1. The molecule has 13 nitrogen and oxygen atoms in total. The van der Waals surface area contributed by atoms with Crippen molar-refractivity contribution in [3.8, 4) is 22.4 Å². The third kappa shape index (κ3) is 7.32. The molecule has 4 atom stereocenters. The molecule has 0 bridgehead atoms. The summed E-state index contributed by atoms with van der Waals surface area (Å²) < 4.78 is 0. The molecule has 7 aromatic rings. The van der Waals surface area contributed by atoms with Crippen molar-refractivity contribution in [3.63, 3.8) is 0 Å². The number of benzene rings is 3. The highest BCUT2D eigenvalue weighted by Crippen LogP contribution is 2.36. The first-order valence-electron chi connectivity index (χ1n) is 20.3. The molecule has 5 N–H and O–H groups in total. The number of nitrogens with zero attached hydrogens (tertiary/aromatic N) is 6. The fourth-order valence-corrected chi connectivity index (χ4v) is 9.11. The summed E-state index contributed by atoms with van der Waals surface area (Å²) in [6.07, 6.45) is 10.7. The quantitative estimate of drug-likeness (QED) is 0.0822. The molecule has 9 rings (SSSR count). The number of H-pyrrole nitrogens is 3. The number of fused-ring (bicyclic) bond motifs is 2. The largest absolute Gasteiger partial charge is 0.350 e. The second-order valence-corrected chi connectivity index (χ2v) is 17.1. The van der Waals surface area contributed by atoms with Crippen molar-refractivity contribution < 1.29 is 9.59 Å². The van der Waals surface area contributed by atoms with Crippen molar-refractivity contribution in [2.24, 2.45) is 11.8 Å². The molecular formula is C44H49N11O2S. The number of aromatic nitrogens is 7. The average molecular weight is 796 g/mol. The topological polar surface area (TPSA) is 164 Å². The van der Waals surface area contributed by atoms with Gasteiger partial charge in [-0.2, -0.15) is 0 Å². The van der Waals surface area contributed by atoms with E-state index in [1.54, 1.807) is 18.6 Å². The molecule has 6 heterocycles. The third-order valence-corrected chi connectivity index (χ3v) is 12.4. The Kier molecular flexibility index (Phi) is 10.2. The van der Waals surface area contributed by atoms with E-state index in [0.717, 1.165) is 86.7 Å². The van der Waals surface area contributed by atoms with Gasteiger partial charge in [0, 0.05) is 42.6 Å². The van der Waals surface area contributed by atoms with Crippen molar-refractivity contribution in [1.29, 1.82) is 0 Å². The van der Waals surface area contributed by atoms with Gasteiger partial charge in [-0.1, -0.05) is 58.0 Å². The molecule has 4 aromatic heterocycles. The smallest absolute Gasteiger partial charge is 0.246 e. The Bertz CT molecular complexity index is 2540.